The minimum Gasteiger partial charge on any atom is -0.480 e. The highest BCUT2D eigenvalue weighted by Crippen LogP contribution is 2.39. The van der Waals surface area contributed by atoms with Gasteiger partial charge in [-0.2, -0.15) is 18.2 Å². The van der Waals surface area contributed by atoms with Gasteiger partial charge in [-0.3, -0.25) is 9.78 Å². The van der Waals surface area contributed by atoms with Gasteiger partial charge in [-0.05, 0) is 24.3 Å². The first-order valence-electron chi connectivity index (χ1n) is 8.12. The molecule has 0 amide bonds. The molecule has 3 rings (SSSR count). The predicted octanol–water partition coefficient (Wildman–Crippen LogP) is 4.45. The molecule has 2 heterocycles. The fourth-order valence-electron chi connectivity index (χ4n) is 2.43. The van der Waals surface area contributed by atoms with Crippen molar-refractivity contribution in [2.45, 2.75) is 6.18 Å². The maximum atomic E-state index is 13.3. The third kappa shape index (κ3) is 5.11. The highest BCUT2D eigenvalue weighted by atomic mass is 35.5. The normalized spacial score (nSPS) is 11.2. The number of anilines is 3. The lowest BCUT2D eigenvalue weighted by Gasteiger charge is -2.16. The SMILES string of the molecule is O=C(O)CNc1nc(Nc2c(Cl)cccc2C(F)(F)F)cc(-c2ccncc2)n1. The van der Waals surface area contributed by atoms with Gasteiger partial charge in [-0.25, -0.2) is 4.98 Å². The molecule has 3 aromatic rings. The number of hydrogen-bond acceptors (Lipinski definition) is 6. The van der Waals surface area contributed by atoms with Gasteiger partial charge in [0.05, 0.1) is 22.0 Å². The molecular weight excluding hydrogens is 411 g/mol. The molecule has 0 aliphatic heterocycles. The summed E-state index contributed by atoms with van der Waals surface area (Å²) in [7, 11) is 0. The zero-order valence-electron chi connectivity index (χ0n) is 14.5. The fourth-order valence-corrected chi connectivity index (χ4v) is 2.65. The van der Waals surface area contributed by atoms with Crippen LogP contribution in [0, 0.1) is 0 Å². The van der Waals surface area contributed by atoms with E-state index in [1.54, 1.807) is 12.1 Å². The van der Waals surface area contributed by atoms with E-state index in [-0.39, 0.29) is 22.5 Å². The summed E-state index contributed by atoms with van der Waals surface area (Å²) in [6.45, 7) is -0.473. The lowest BCUT2D eigenvalue weighted by Crippen LogP contribution is -2.15. The van der Waals surface area contributed by atoms with Gasteiger partial charge in [0.1, 0.15) is 12.4 Å². The van der Waals surface area contributed by atoms with Crippen molar-refractivity contribution in [1.29, 1.82) is 0 Å². The van der Waals surface area contributed by atoms with Gasteiger partial charge in [-0.1, -0.05) is 17.7 Å². The van der Waals surface area contributed by atoms with Crippen molar-refractivity contribution in [2.24, 2.45) is 0 Å². The zero-order chi connectivity index (χ0) is 21.0. The number of rotatable bonds is 6. The molecular formula is C18H13ClF3N5O2. The number of aliphatic carboxylic acids is 1. The third-order valence-electron chi connectivity index (χ3n) is 3.67. The van der Waals surface area contributed by atoms with E-state index in [1.165, 1.54) is 30.6 Å². The Bertz CT molecular complexity index is 1030. The van der Waals surface area contributed by atoms with Crippen molar-refractivity contribution in [3.05, 3.63) is 59.4 Å². The number of halogens is 4. The highest BCUT2D eigenvalue weighted by molar-refractivity contribution is 6.33. The Morgan fingerprint density at radius 1 is 1.14 bits per heavy atom. The lowest BCUT2D eigenvalue weighted by molar-refractivity contribution is -0.137. The molecule has 0 radical (unpaired) electrons. The van der Waals surface area contributed by atoms with Gasteiger partial charge in [0.2, 0.25) is 5.95 Å². The lowest BCUT2D eigenvalue weighted by atomic mass is 10.1. The Morgan fingerprint density at radius 2 is 1.86 bits per heavy atom. The van der Waals surface area contributed by atoms with Crippen LogP contribution in [0.4, 0.5) is 30.6 Å². The first-order chi connectivity index (χ1) is 13.7. The predicted molar refractivity (Wildman–Crippen MR) is 101 cm³/mol. The van der Waals surface area contributed by atoms with Crippen LogP contribution in [-0.4, -0.2) is 32.6 Å². The Hall–Kier alpha value is -3.40. The highest BCUT2D eigenvalue weighted by Gasteiger charge is 2.34. The molecule has 0 saturated heterocycles. The number of nitrogens with one attached hydrogen (secondary N) is 2. The van der Waals surface area contributed by atoms with Crippen molar-refractivity contribution >= 4 is 35.0 Å². The standard InChI is InChI=1S/C18H13ClF3N5O2/c19-12-3-1-2-11(18(20,21)22)16(12)26-14-8-13(10-4-6-23-7-5-10)25-17(27-14)24-9-15(28)29/h1-8H,9H2,(H,28,29)(H2,24,25,26,27). The minimum absolute atomic E-state index is 0.00157. The molecule has 7 nitrogen and oxygen atoms in total. The van der Waals surface area contributed by atoms with Crippen molar-refractivity contribution in [3.63, 3.8) is 0 Å². The van der Waals surface area contributed by atoms with Crippen LogP contribution in [0.3, 0.4) is 0 Å². The second kappa shape index (κ2) is 8.31. The molecule has 2 aromatic heterocycles. The molecule has 11 heteroatoms. The molecule has 150 valence electrons. The van der Waals surface area contributed by atoms with Crippen LogP contribution in [0.5, 0.6) is 0 Å². The summed E-state index contributed by atoms with van der Waals surface area (Å²) in [6.07, 6.45) is -1.60. The third-order valence-corrected chi connectivity index (χ3v) is 3.99. The number of carboxylic acid groups (broad SMARTS) is 1. The van der Waals surface area contributed by atoms with E-state index in [1.807, 2.05) is 0 Å². The number of alkyl halides is 3. The first kappa shape index (κ1) is 20.3. The number of benzene rings is 1. The van der Waals surface area contributed by atoms with Gasteiger partial charge in [0.25, 0.3) is 0 Å². The number of para-hydroxylation sites is 1. The van der Waals surface area contributed by atoms with Crippen molar-refractivity contribution in [2.75, 3.05) is 17.2 Å². The number of nitrogens with zero attached hydrogens (tertiary/aromatic N) is 3. The molecule has 1 aromatic carbocycles. The monoisotopic (exact) mass is 423 g/mol. The van der Waals surface area contributed by atoms with Gasteiger partial charge < -0.3 is 15.7 Å². The van der Waals surface area contributed by atoms with E-state index in [4.69, 9.17) is 16.7 Å². The summed E-state index contributed by atoms with van der Waals surface area (Å²) in [5.74, 6) is -1.23. The second-order valence-electron chi connectivity index (χ2n) is 5.73. The molecule has 0 saturated carbocycles. The molecule has 0 fully saturated rings. The molecule has 0 aliphatic rings. The van der Waals surface area contributed by atoms with Crippen LogP contribution in [0.1, 0.15) is 5.56 Å². The van der Waals surface area contributed by atoms with Crippen LogP contribution in [-0.2, 0) is 11.0 Å². The van der Waals surface area contributed by atoms with E-state index >= 15 is 0 Å². The molecule has 0 spiro atoms. The zero-order valence-corrected chi connectivity index (χ0v) is 15.3. The van der Waals surface area contributed by atoms with Crippen LogP contribution >= 0.6 is 11.6 Å². The number of aromatic nitrogens is 3. The molecule has 0 unspecified atom stereocenters. The van der Waals surface area contributed by atoms with E-state index in [2.05, 4.69) is 25.6 Å². The molecule has 29 heavy (non-hydrogen) atoms. The second-order valence-corrected chi connectivity index (χ2v) is 6.14. The Kier molecular flexibility index (Phi) is 5.83. The van der Waals surface area contributed by atoms with Crippen molar-refractivity contribution in [1.82, 2.24) is 15.0 Å². The molecule has 3 N–H and O–H groups in total. The largest absolute Gasteiger partial charge is 0.480 e. The maximum absolute atomic E-state index is 13.3. The van der Waals surface area contributed by atoms with Gasteiger partial charge in [0, 0.05) is 24.0 Å². The Balaban J connectivity index is 2.05. The van der Waals surface area contributed by atoms with Crippen LogP contribution < -0.4 is 10.6 Å². The van der Waals surface area contributed by atoms with E-state index < -0.39 is 24.3 Å². The summed E-state index contributed by atoms with van der Waals surface area (Å²) < 4.78 is 40.0. The van der Waals surface area contributed by atoms with E-state index in [0.717, 1.165) is 6.07 Å². The number of carboxylic acids is 1. The van der Waals surface area contributed by atoms with E-state index in [9.17, 15) is 18.0 Å². The number of hydrogen-bond donors (Lipinski definition) is 3. The molecule has 0 bridgehead atoms. The average molecular weight is 424 g/mol. The smallest absolute Gasteiger partial charge is 0.418 e. The fraction of sp³-hybridized carbons (Fsp3) is 0.111. The molecule has 0 atom stereocenters. The quantitative estimate of drug-likeness (QED) is 0.538. The summed E-state index contributed by atoms with van der Waals surface area (Å²) in [6, 6.07) is 8.10. The maximum Gasteiger partial charge on any atom is 0.418 e. The average Bonchev–Trinajstić information content (AvgIpc) is 2.67. The summed E-state index contributed by atoms with van der Waals surface area (Å²) in [5, 5.41) is 13.8. The number of carbonyl (C=O) groups is 1. The summed E-state index contributed by atoms with van der Waals surface area (Å²) >= 11 is 5.98. The van der Waals surface area contributed by atoms with Gasteiger partial charge >= 0.3 is 12.1 Å². The van der Waals surface area contributed by atoms with Crippen LogP contribution in [0.25, 0.3) is 11.3 Å². The summed E-state index contributed by atoms with van der Waals surface area (Å²) in [5.41, 5.74) is -0.378. The van der Waals surface area contributed by atoms with E-state index in [0.29, 0.717) is 11.3 Å². The Labute approximate surface area is 167 Å². The van der Waals surface area contributed by atoms with Crippen LogP contribution in [0.2, 0.25) is 5.02 Å². The number of pyridine rings is 1. The summed E-state index contributed by atoms with van der Waals surface area (Å²) in [4.78, 5) is 23.0. The Morgan fingerprint density at radius 3 is 2.52 bits per heavy atom. The first-order valence-corrected chi connectivity index (χ1v) is 8.49. The van der Waals surface area contributed by atoms with Crippen LogP contribution in [0.15, 0.2) is 48.8 Å². The van der Waals surface area contributed by atoms with Crippen molar-refractivity contribution < 1.29 is 23.1 Å². The van der Waals surface area contributed by atoms with Gasteiger partial charge in [0.15, 0.2) is 0 Å². The minimum atomic E-state index is -4.64. The van der Waals surface area contributed by atoms with Crippen molar-refractivity contribution in [3.8, 4) is 11.3 Å². The molecule has 0 aliphatic carbocycles. The topological polar surface area (TPSA) is 100 Å². The van der Waals surface area contributed by atoms with Gasteiger partial charge in [-0.15, -0.1) is 0 Å².